The van der Waals surface area contributed by atoms with Crippen LogP contribution in [-0.2, 0) is 9.53 Å². The number of hydrogen-bond donors (Lipinski definition) is 1. The van der Waals surface area contributed by atoms with Crippen LogP contribution in [0.4, 0.5) is 0 Å². The van der Waals surface area contributed by atoms with E-state index in [0.29, 0.717) is 28.9 Å². The second kappa shape index (κ2) is 8.79. The first-order chi connectivity index (χ1) is 10.0. The molecule has 2 rings (SSSR count). The Morgan fingerprint density at radius 1 is 1.45 bits per heavy atom. The quantitative estimate of drug-likeness (QED) is 0.865. The van der Waals surface area contributed by atoms with Crippen LogP contribution in [0, 0.1) is 0 Å². The van der Waals surface area contributed by atoms with Gasteiger partial charge in [0, 0.05) is 26.1 Å². The van der Waals surface area contributed by atoms with Gasteiger partial charge in [-0.2, -0.15) is 0 Å². The van der Waals surface area contributed by atoms with E-state index >= 15 is 0 Å². The number of halogens is 3. The Hall–Kier alpha value is -0.720. The molecule has 0 saturated carbocycles. The number of amides is 1. The molecule has 1 aromatic rings. The van der Waals surface area contributed by atoms with Gasteiger partial charge in [0.15, 0.2) is 0 Å². The van der Waals surface area contributed by atoms with E-state index in [0.717, 1.165) is 6.42 Å². The zero-order valence-electron chi connectivity index (χ0n) is 12.1. The monoisotopic (exact) mass is 368 g/mol. The van der Waals surface area contributed by atoms with Gasteiger partial charge in [0.2, 0.25) is 5.91 Å². The Kier molecular flexibility index (Phi) is 7.72. The Morgan fingerprint density at radius 2 is 2.18 bits per heavy atom. The number of benzene rings is 1. The Bertz CT molecular complexity index is 516. The number of ether oxygens (including phenoxy) is 2. The lowest BCUT2D eigenvalue weighted by molar-refractivity contribution is -0.132. The van der Waals surface area contributed by atoms with Gasteiger partial charge in [-0.15, -0.1) is 12.4 Å². The number of likely N-dealkylation sites (tertiary alicyclic amines) is 1. The second-order valence-electron chi connectivity index (χ2n) is 4.95. The van der Waals surface area contributed by atoms with Crippen molar-refractivity contribution in [3.05, 3.63) is 28.2 Å². The van der Waals surface area contributed by atoms with Gasteiger partial charge in [0.05, 0.1) is 23.2 Å². The highest BCUT2D eigenvalue weighted by molar-refractivity contribution is 6.42. The summed E-state index contributed by atoms with van der Waals surface area (Å²) in [6, 6.07) is 4.49. The van der Waals surface area contributed by atoms with Crippen molar-refractivity contribution < 1.29 is 14.3 Å². The second-order valence-corrected chi connectivity index (χ2v) is 5.76. The maximum Gasteiger partial charge on any atom is 0.242 e. The average molecular weight is 370 g/mol. The van der Waals surface area contributed by atoms with E-state index in [1.54, 1.807) is 23.1 Å². The number of rotatable bonds is 5. The fourth-order valence-corrected chi connectivity index (χ4v) is 2.54. The first-order valence-electron chi connectivity index (χ1n) is 6.66. The molecule has 0 aliphatic carbocycles. The molecule has 0 bridgehead atoms. The summed E-state index contributed by atoms with van der Waals surface area (Å²) in [5.74, 6) is 0.530. The largest absolute Gasteiger partial charge is 0.488 e. The first-order valence-corrected chi connectivity index (χ1v) is 7.42. The van der Waals surface area contributed by atoms with Crippen LogP contribution in [0.15, 0.2) is 18.2 Å². The van der Waals surface area contributed by atoms with Crippen molar-refractivity contribution in [3.8, 4) is 5.75 Å². The molecule has 0 radical (unpaired) electrons. The van der Waals surface area contributed by atoms with E-state index in [4.69, 9.17) is 38.4 Å². The van der Waals surface area contributed by atoms with Crippen molar-refractivity contribution in [2.45, 2.75) is 18.6 Å². The number of nitrogens with two attached hydrogens (primary N) is 1. The Balaban J connectivity index is 0.00000242. The maximum absolute atomic E-state index is 12.1. The smallest absolute Gasteiger partial charge is 0.242 e. The molecule has 8 heteroatoms. The summed E-state index contributed by atoms with van der Waals surface area (Å²) in [7, 11) is 1.52. The van der Waals surface area contributed by atoms with Gasteiger partial charge in [0.1, 0.15) is 17.9 Å². The van der Waals surface area contributed by atoms with Crippen LogP contribution in [-0.4, -0.2) is 49.8 Å². The van der Waals surface area contributed by atoms with Gasteiger partial charge in [-0.25, -0.2) is 0 Å². The molecule has 2 N–H and O–H groups in total. The van der Waals surface area contributed by atoms with Gasteiger partial charge in [-0.3, -0.25) is 4.79 Å². The number of carbonyl (C=O) groups is 1. The molecule has 1 aliphatic rings. The van der Waals surface area contributed by atoms with Crippen LogP contribution in [0.3, 0.4) is 0 Å². The summed E-state index contributed by atoms with van der Waals surface area (Å²) in [5, 5.41) is 0.931. The first kappa shape index (κ1) is 19.3. The third-order valence-corrected chi connectivity index (χ3v) is 4.05. The molecular weight excluding hydrogens is 351 g/mol. The minimum Gasteiger partial charge on any atom is -0.488 e. The zero-order chi connectivity index (χ0) is 15.4. The number of hydrogen-bond acceptors (Lipinski definition) is 4. The fraction of sp³-hybridized carbons (Fsp3) is 0.500. The summed E-state index contributed by atoms with van der Waals surface area (Å²) in [6.07, 6.45) is 0.687. The fourth-order valence-electron chi connectivity index (χ4n) is 2.25. The van der Waals surface area contributed by atoms with Crippen molar-refractivity contribution in [1.29, 1.82) is 0 Å². The standard InChI is InChI=1S/C14H18Cl2N2O3.ClH/c1-20-8-13(17)14(19)18-5-4-10(7-18)21-9-2-3-11(15)12(16)6-9;/h2-3,6,10,13H,4-5,7-8,17H2,1H3;1H. The molecule has 2 atom stereocenters. The van der Waals surface area contributed by atoms with Crippen LogP contribution in [0.5, 0.6) is 5.75 Å². The molecule has 1 saturated heterocycles. The van der Waals surface area contributed by atoms with E-state index in [9.17, 15) is 4.79 Å². The summed E-state index contributed by atoms with van der Waals surface area (Å²) >= 11 is 11.8. The lowest BCUT2D eigenvalue weighted by Crippen LogP contribution is -2.45. The van der Waals surface area contributed by atoms with Gasteiger partial charge < -0.3 is 20.1 Å². The number of nitrogens with zero attached hydrogens (tertiary/aromatic N) is 1. The van der Waals surface area contributed by atoms with Crippen molar-refractivity contribution >= 4 is 41.5 Å². The third kappa shape index (κ3) is 4.89. The average Bonchev–Trinajstić information content (AvgIpc) is 2.91. The van der Waals surface area contributed by atoms with Crippen molar-refractivity contribution in [2.24, 2.45) is 5.73 Å². The molecule has 2 unspecified atom stereocenters. The highest BCUT2D eigenvalue weighted by Gasteiger charge is 2.30. The van der Waals surface area contributed by atoms with E-state index in [2.05, 4.69) is 0 Å². The molecular formula is C14H19Cl3N2O3. The van der Waals surface area contributed by atoms with Crippen LogP contribution in [0.25, 0.3) is 0 Å². The molecule has 1 aliphatic heterocycles. The summed E-state index contributed by atoms with van der Waals surface area (Å²) in [6.45, 7) is 1.35. The molecule has 124 valence electrons. The van der Waals surface area contributed by atoms with E-state index < -0.39 is 6.04 Å². The molecule has 1 fully saturated rings. The van der Waals surface area contributed by atoms with Gasteiger partial charge in [-0.05, 0) is 12.1 Å². The van der Waals surface area contributed by atoms with Crippen LogP contribution in [0.2, 0.25) is 10.0 Å². The zero-order valence-corrected chi connectivity index (χ0v) is 14.5. The molecule has 0 spiro atoms. The van der Waals surface area contributed by atoms with Crippen LogP contribution in [0.1, 0.15) is 6.42 Å². The minimum absolute atomic E-state index is 0. The summed E-state index contributed by atoms with van der Waals surface area (Å²) < 4.78 is 10.7. The molecule has 1 heterocycles. The normalized spacial score (nSPS) is 18.7. The SMILES string of the molecule is COCC(N)C(=O)N1CCC(Oc2ccc(Cl)c(Cl)c2)C1.Cl. The van der Waals surface area contributed by atoms with Crippen molar-refractivity contribution in [3.63, 3.8) is 0 Å². The topological polar surface area (TPSA) is 64.8 Å². The minimum atomic E-state index is -0.626. The highest BCUT2D eigenvalue weighted by atomic mass is 35.5. The molecule has 1 aromatic carbocycles. The Labute approximate surface area is 146 Å². The van der Waals surface area contributed by atoms with Gasteiger partial charge in [0.25, 0.3) is 0 Å². The van der Waals surface area contributed by atoms with Gasteiger partial charge >= 0.3 is 0 Å². The number of carbonyl (C=O) groups excluding carboxylic acids is 1. The lowest BCUT2D eigenvalue weighted by atomic mass is 10.3. The Morgan fingerprint density at radius 3 is 2.82 bits per heavy atom. The third-order valence-electron chi connectivity index (χ3n) is 3.31. The van der Waals surface area contributed by atoms with Crippen molar-refractivity contribution in [1.82, 2.24) is 4.90 Å². The summed E-state index contributed by atoms with van der Waals surface area (Å²) in [4.78, 5) is 13.8. The summed E-state index contributed by atoms with van der Waals surface area (Å²) in [5.41, 5.74) is 5.75. The lowest BCUT2D eigenvalue weighted by Gasteiger charge is -2.20. The molecule has 22 heavy (non-hydrogen) atoms. The number of methoxy groups -OCH3 is 1. The maximum atomic E-state index is 12.1. The van der Waals surface area contributed by atoms with Crippen LogP contribution >= 0.6 is 35.6 Å². The van der Waals surface area contributed by atoms with E-state index in [1.165, 1.54) is 7.11 Å². The molecule has 5 nitrogen and oxygen atoms in total. The van der Waals surface area contributed by atoms with Crippen LogP contribution < -0.4 is 10.5 Å². The highest BCUT2D eigenvalue weighted by Crippen LogP contribution is 2.28. The van der Waals surface area contributed by atoms with E-state index in [-0.39, 0.29) is 31.0 Å². The predicted octanol–water partition coefficient (Wildman–Crippen LogP) is 2.37. The van der Waals surface area contributed by atoms with Crippen molar-refractivity contribution in [2.75, 3.05) is 26.8 Å². The predicted molar refractivity (Wildman–Crippen MR) is 89.2 cm³/mol. The molecule has 0 aromatic heterocycles. The van der Waals surface area contributed by atoms with Gasteiger partial charge in [-0.1, -0.05) is 23.2 Å². The van der Waals surface area contributed by atoms with E-state index in [1.807, 2.05) is 0 Å². The molecule has 1 amide bonds.